The van der Waals surface area contributed by atoms with E-state index < -0.39 is 11.9 Å². The van der Waals surface area contributed by atoms with Crippen molar-refractivity contribution >= 4 is 23.2 Å². The SMILES string of the molecule is Cc1csc(CCNC(=O)c2nc[nH]c2C(=O)O)n1. The highest BCUT2D eigenvalue weighted by Crippen LogP contribution is 2.08. The smallest absolute Gasteiger partial charge is 0.354 e. The van der Waals surface area contributed by atoms with Gasteiger partial charge in [0.05, 0.1) is 11.3 Å². The molecule has 0 saturated heterocycles. The van der Waals surface area contributed by atoms with Crippen molar-refractivity contribution in [2.75, 3.05) is 6.54 Å². The maximum Gasteiger partial charge on any atom is 0.354 e. The first kappa shape index (κ1) is 13.2. The van der Waals surface area contributed by atoms with Crippen LogP contribution in [0.2, 0.25) is 0 Å². The maximum absolute atomic E-state index is 11.8. The van der Waals surface area contributed by atoms with Crippen LogP contribution in [0.3, 0.4) is 0 Å². The lowest BCUT2D eigenvalue weighted by atomic mass is 10.3. The van der Waals surface area contributed by atoms with Crippen molar-refractivity contribution in [1.82, 2.24) is 20.3 Å². The first-order valence-electron chi connectivity index (χ1n) is 5.54. The summed E-state index contributed by atoms with van der Waals surface area (Å²) < 4.78 is 0. The van der Waals surface area contributed by atoms with Crippen LogP contribution < -0.4 is 5.32 Å². The lowest BCUT2D eigenvalue weighted by molar-refractivity contribution is 0.0685. The third-order valence-electron chi connectivity index (χ3n) is 2.36. The van der Waals surface area contributed by atoms with Crippen LogP contribution in [0.15, 0.2) is 11.7 Å². The number of hydrogen-bond donors (Lipinski definition) is 3. The molecule has 3 N–H and O–H groups in total. The summed E-state index contributed by atoms with van der Waals surface area (Å²) in [5.41, 5.74) is 0.636. The first-order chi connectivity index (χ1) is 9.08. The van der Waals surface area contributed by atoms with Crippen molar-refractivity contribution in [3.63, 3.8) is 0 Å². The Hall–Kier alpha value is -2.22. The first-order valence-corrected chi connectivity index (χ1v) is 6.41. The van der Waals surface area contributed by atoms with Gasteiger partial charge in [-0.05, 0) is 6.92 Å². The predicted molar refractivity (Wildman–Crippen MR) is 68.4 cm³/mol. The summed E-state index contributed by atoms with van der Waals surface area (Å²) in [7, 11) is 0. The monoisotopic (exact) mass is 280 g/mol. The number of carbonyl (C=O) groups is 2. The van der Waals surface area contributed by atoms with Crippen molar-refractivity contribution in [2.24, 2.45) is 0 Å². The van der Waals surface area contributed by atoms with Gasteiger partial charge < -0.3 is 15.4 Å². The molecule has 0 spiro atoms. The predicted octanol–water partition coefficient (Wildman–Crippen LogP) is 0.845. The van der Waals surface area contributed by atoms with Gasteiger partial charge in [-0.15, -0.1) is 11.3 Å². The number of thiazole rings is 1. The Morgan fingerprint density at radius 2 is 2.32 bits per heavy atom. The number of H-pyrrole nitrogens is 1. The third-order valence-corrected chi connectivity index (χ3v) is 3.39. The van der Waals surface area contributed by atoms with E-state index >= 15 is 0 Å². The molecular formula is C11H12N4O3S. The summed E-state index contributed by atoms with van der Waals surface area (Å²) in [4.78, 5) is 33.0. The van der Waals surface area contributed by atoms with Gasteiger partial charge >= 0.3 is 5.97 Å². The van der Waals surface area contributed by atoms with Crippen LogP contribution in [0, 0.1) is 6.92 Å². The van der Waals surface area contributed by atoms with Gasteiger partial charge in [0, 0.05) is 24.0 Å². The molecule has 2 aromatic rings. The maximum atomic E-state index is 11.8. The quantitative estimate of drug-likeness (QED) is 0.752. The van der Waals surface area contributed by atoms with Crippen molar-refractivity contribution < 1.29 is 14.7 Å². The van der Waals surface area contributed by atoms with Gasteiger partial charge in [-0.25, -0.2) is 14.8 Å². The van der Waals surface area contributed by atoms with E-state index in [1.165, 1.54) is 17.7 Å². The standard InChI is InChI=1S/C11H12N4O3S/c1-6-4-19-7(15-6)2-3-12-10(16)8-9(11(17)18)14-5-13-8/h4-5H,2-3H2,1H3,(H,12,16)(H,13,14)(H,17,18). The minimum atomic E-state index is -1.21. The Kier molecular flexibility index (Phi) is 3.91. The topological polar surface area (TPSA) is 108 Å². The highest BCUT2D eigenvalue weighted by Gasteiger charge is 2.19. The Morgan fingerprint density at radius 3 is 2.95 bits per heavy atom. The van der Waals surface area contributed by atoms with Crippen LogP contribution in [-0.2, 0) is 6.42 Å². The zero-order valence-corrected chi connectivity index (χ0v) is 11.0. The van der Waals surface area contributed by atoms with Gasteiger partial charge in [-0.1, -0.05) is 0 Å². The molecule has 0 radical (unpaired) electrons. The molecule has 0 atom stereocenters. The fourth-order valence-corrected chi connectivity index (χ4v) is 2.29. The van der Waals surface area contributed by atoms with Gasteiger partial charge in [-0.2, -0.15) is 0 Å². The highest BCUT2D eigenvalue weighted by atomic mass is 32.1. The number of carboxylic acid groups (broad SMARTS) is 1. The summed E-state index contributed by atoms with van der Waals surface area (Å²) in [6.45, 7) is 2.29. The number of amides is 1. The Balaban J connectivity index is 1.91. The molecule has 0 aromatic carbocycles. The van der Waals surface area contributed by atoms with E-state index in [1.807, 2.05) is 12.3 Å². The minimum absolute atomic E-state index is 0.109. The summed E-state index contributed by atoms with van der Waals surface area (Å²) in [6.07, 6.45) is 1.79. The number of rotatable bonds is 5. The van der Waals surface area contributed by atoms with Crippen LogP contribution in [0.4, 0.5) is 0 Å². The number of nitrogens with zero attached hydrogens (tertiary/aromatic N) is 2. The van der Waals surface area contributed by atoms with Gasteiger partial charge in [-0.3, -0.25) is 4.79 Å². The van der Waals surface area contributed by atoms with Gasteiger partial charge in [0.2, 0.25) is 0 Å². The normalized spacial score (nSPS) is 10.4. The number of nitrogens with one attached hydrogen (secondary N) is 2. The summed E-state index contributed by atoms with van der Waals surface area (Å²) in [5.74, 6) is -1.72. The van der Waals surface area contributed by atoms with Crippen molar-refractivity contribution in [3.05, 3.63) is 33.8 Å². The second-order valence-electron chi connectivity index (χ2n) is 3.82. The van der Waals surface area contributed by atoms with E-state index in [2.05, 4.69) is 20.3 Å². The molecule has 7 nitrogen and oxygen atoms in total. The van der Waals surface area contributed by atoms with Crippen LogP contribution in [-0.4, -0.2) is 38.5 Å². The lowest BCUT2D eigenvalue weighted by Crippen LogP contribution is -2.27. The molecule has 19 heavy (non-hydrogen) atoms. The number of carboxylic acids is 1. The Labute approximate surface area is 112 Å². The number of aromatic carboxylic acids is 1. The number of imidazole rings is 1. The van der Waals surface area contributed by atoms with Crippen LogP contribution in [0.25, 0.3) is 0 Å². The molecule has 100 valence electrons. The molecule has 8 heteroatoms. The van der Waals surface area contributed by atoms with E-state index in [1.54, 1.807) is 0 Å². The van der Waals surface area contributed by atoms with E-state index in [9.17, 15) is 9.59 Å². The molecule has 0 unspecified atom stereocenters. The molecular weight excluding hydrogens is 268 g/mol. The van der Waals surface area contributed by atoms with Gasteiger partial charge in [0.15, 0.2) is 11.4 Å². The van der Waals surface area contributed by atoms with Crippen molar-refractivity contribution in [3.8, 4) is 0 Å². The van der Waals surface area contributed by atoms with Crippen molar-refractivity contribution in [1.29, 1.82) is 0 Å². The largest absolute Gasteiger partial charge is 0.477 e. The highest BCUT2D eigenvalue weighted by molar-refractivity contribution is 7.09. The number of aryl methyl sites for hydroxylation is 1. The number of aromatic nitrogens is 3. The van der Waals surface area contributed by atoms with Crippen molar-refractivity contribution in [2.45, 2.75) is 13.3 Å². The zero-order valence-electron chi connectivity index (χ0n) is 10.1. The molecule has 1 amide bonds. The minimum Gasteiger partial charge on any atom is -0.477 e. The third kappa shape index (κ3) is 3.16. The van der Waals surface area contributed by atoms with E-state index in [0.29, 0.717) is 13.0 Å². The molecule has 2 heterocycles. The van der Waals surface area contributed by atoms with E-state index in [0.717, 1.165) is 10.7 Å². The average Bonchev–Trinajstić information content (AvgIpc) is 2.97. The van der Waals surface area contributed by atoms with Crippen LogP contribution in [0.1, 0.15) is 31.7 Å². The molecule has 2 rings (SSSR count). The number of aromatic amines is 1. The average molecular weight is 280 g/mol. The van der Waals surface area contributed by atoms with E-state index in [-0.39, 0.29) is 11.4 Å². The fraction of sp³-hybridized carbons (Fsp3) is 0.273. The van der Waals surface area contributed by atoms with Gasteiger partial charge in [0.25, 0.3) is 5.91 Å². The van der Waals surface area contributed by atoms with Crippen LogP contribution in [0.5, 0.6) is 0 Å². The molecule has 0 fully saturated rings. The summed E-state index contributed by atoms with van der Waals surface area (Å²) in [5, 5.41) is 14.3. The second kappa shape index (κ2) is 5.61. The number of hydrogen-bond acceptors (Lipinski definition) is 5. The number of carbonyl (C=O) groups excluding carboxylic acids is 1. The molecule has 0 aliphatic carbocycles. The zero-order chi connectivity index (χ0) is 13.8. The second-order valence-corrected chi connectivity index (χ2v) is 4.76. The Morgan fingerprint density at radius 1 is 1.53 bits per heavy atom. The molecule has 0 bridgehead atoms. The van der Waals surface area contributed by atoms with Gasteiger partial charge in [0.1, 0.15) is 0 Å². The summed E-state index contributed by atoms with van der Waals surface area (Å²) in [6, 6.07) is 0. The molecule has 0 aliphatic rings. The fourth-order valence-electron chi connectivity index (χ4n) is 1.51. The summed E-state index contributed by atoms with van der Waals surface area (Å²) >= 11 is 1.53. The molecule has 0 saturated carbocycles. The lowest BCUT2D eigenvalue weighted by Gasteiger charge is -2.02. The van der Waals surface area contributed by atoms with E-state index in [4.69, 9.17) is 5.11 Å². The Bertz CT molecular complexity index is 605. The molecule has 0 aliphatic heterocycles. The van der Waals surface area contributed by atoms with Crippen LogP contribution >= 0.6 is 11.3 Å². The molecule has 2 aromatic heterocycles.